The van der Waals surface area contributed by atoms with Gasteiger partial charge in [-0.2, -0.15) is 0 Å². The van der Waals surface area contributed by atoms with Gasteiger partial charge in [0.25, 0.3) is 0 Å². The van der Waals surface area contributed by atoms with Gasteiger partial charge < -0.3 is 10.5 Å². The SMILES string of the molecule is CS(=O)(=O)CCOc1ccc2c(c1)CCCC2N. The molecule has 5 heteroatoms. The monoisotopic (exact) mass is 269 g/mol. The number of nitrogens with two attached hydrogens (primary N) is 1. The highest BCUT2D eigenvalue weighted by Crippen LogP contribution is 2.30. The lowest BCUT2D eigenvalue weighted by Gasteiger charge is -2.22. The molecule has 0 amide bonds. The first-order valence-electron chi connectivity index (χ1n) is 6.14. The molecule has 4 nitrogen and oxygen atoms in total. The first-order valence-corrected chi connectivity index (χ1v) is 8.21. The number of benzene rings is 1. The minimum absolute atomic E-state index is 0.0452. The molecule has 0 radical (unpaired) electrons. The Morgan fingerprint density at radius 3 is 2.94 bits per heavy atom. The van der Waals surface area contributed by atoms with Gasteiger partial charge in [0.1, 0.15) is 12.4 Å². The van der Waals surface area contributed by atoms with Crippen molar-refractivity contribution in [3.63, 3.8) is 0 Å². The summed E-state index contributed by atoms with van der Waals surface area (Å²) in [5.41, 5.74) is 8.45. The standard InChI is InChI=1S/C13H19NO3S/c1-18(15,16)8-7-17-11-5-6-12-10(9-11)3-2-4-13(12)14/h5-6,9,13H,2-4,7-8,14H2,1H3. The van der Waals surface area contributed by atoms with Crippen LogP contribution in [0.2, 0.25) is 0 Å². The molecule has 18 heavy (non-hydrogen) atoms. The smallest absolute Gasteiger partial charge is 0.150 e. The van der Waals surface area contributed by atoms with Crippen LogP contribution < -0.4 is 10.5 Å². The molecule has 2 rings (SSSR count). The first-order chi connectivity index (χ1) is 8.46. The summed E-state index contributed by atoms with van der Waals surface area (Å²) < 4.78 is 27.5. The van der Waals surface area contributed by atoms with Crippen LogP contribution in [0.25, 0.3) is 0 Å². The molecular weight excluding hydrogens is 250 g/mol. The molecule has 0 spiro atoms. The molecule has 1 aliphatic rings. The maximum Gasteiger partial charge on any atom is 0.150 e. The van der Waals surface area contributed by atoms with Crippen LogP contribution in [-0.4, -0.2) is 27.0 Å². The summed E-state index contributed by atoms with van der Waals surface area (Å²) in [6, 6.07) is 5.97. The minimum Gasteiger partial charge on any atom is -0.493 e. The van der Waals surface area contributed by atoms with Crippen molar-refractivity contribution >= 4 is 9.84 Å². The van der Waals surface area contributed by atoms with E-state index in [1.165, 1.54) is 17.4 Å². The van der Waals surface area contributed by atoms with Gasteiger partial charge in [-0.3, -0.25) is 0 Å². The molecule has 1 aliphatic carbocycles. The lowest BCUT2D eigenvalue weighted by atomic mass is 9.88. The Morgan fingerprint density at radius 1 is 1.44 bits per heavy atom. The summed E-state index contributed by atoms with van der Waals surface area (Å²) in [5.74, 6) is 0.773. The maximum atomic E-state index is 11.0. The molecule has 1 aromatic carbocycles. The van der Waals surface area contributed by atoms with Gasteiger partial charge in [0.2, 0.25) is 0 Å². The highest BCUT2D eigenvalue weighted by molar-refractivity contribution is 7.90. The van der Waals surface area contributed by atoms with Crippen LogP contribution in [0.1, 0.15) is 30.0 Å². The van der Waals surface area contributed by atoms with Gasteiger partial charge in [-0.05, 0) is 42.5 Å². The lowest BCUT2D eigenvalue weighted by Crippen LogP contribution is -2.17. The molecule has 0 heterocycles. The van der Waals surface area contributed by atoms with E-state index in [0.29, 0.717) is 0 Å². The second-order valence-electron chi connectivity index (χ2n) is 4.84. The molecule has 0 bridgehead atoms. The predicted molar refractivity (Wildman–Crippen MR) is 71.5 cm³/mol. The number of fused-ring (bicyclic) bond motifs is 1. The molecular formula is C13H19NO3S. The Morgan fingerprint density at radius 2 is 2.22 bits per heavy atom. The van der Waals surface area contributed by atoms with Crippen LogP contribution in [0, 0.1) is 0 Å². The average Bonchev–Trinajstić information content (AvgIpc) is 2.27. The fourth-order valence-corrected chi connectivity index (χ4v) is 2.62. The summed E-state index contributed by atoms with van der Waals surface area (Å²) in [5, 5.41) is 0. The van der Waals surface area contributed by atoms with Crippen molar-refractivity contribution in [3.05, 3.63) is 29.3 Å². The molecule has 2 N–H and O–H groups in total. The fourth-order valence-electron chi connectivity index (χ4n) is 2.23. The highest BCUT2D eigenvalue weighted by atomic mass is 32.2. The van der Waals surface area contributed by atoms with E-state index < -0.39 is 9.84 Å². The van der Waals surface area contributed by atoms with E-state index in [0.717, 1.165) is 25.0 Å². The Balaban J connectivity index is 2.03. The molecule has 0 saturated carbocycles. The van der Waals surface area contributed by atoms with E-state index in [2.05, 4.69) is 0 Å². The van der Waals surface area contributed by atoms with E-state index >= 15 is 0 Å². The summed E-state index contributed by atoms with van der Waals surface area (Å²) in [4.78, 5) is 0. The van der Waals surface area contributed by atoms with Crippen molar-refractivity contribution < 1.29 is 13.2 Å². The molecule has 1 aromatic rings. The van der Waals surface area contributed by atoms with E-state index in [1.54, 1.807) is 0 Å². The van der Waals surface area contributed by atoms with Crippen molar-refractivity contribution in [2.75, 3.05) is 18.6 Å². The molecule has 0 saturated heterocycles. The van der Waals surface area contributed by atoms with Crippen molar-refractivity contribution in [2.45, 2.75) is 25.3 Å². The van der Waals surface area contributed by atoms with Crippen LogP contribution in [0.5, 0.6) is 5.75 Å². The molecule has 0 fully saturated rings. The van der Waals surface area contributed by atoms with Crippen LogP contribution in [-0.2, 0) is 16.3 Å². The van der Waals surface area contributed by atoms with Crippen molar-refractivity contribution in [2.24, 2.45) is 5.73 Å². The quantitative estimate of drug-likeness (QED) is 0.898. The zero-order valence-electron chi connectivity index (χ0n) is 10.6. The van der Waals surface area contributed by atoms with Gasteiger partial charge >= 0.3 is 0 Å². The van der Waals surface area contributed by atoms with E-state index in [4.69, 9.17) is 10.5 Å². The molecule has 0 aliphatic heterocycles. The normalized spacial score (nSPS) is 19.3. The number of hydrogen-bond donors (Lipinski definition) is 1. The summed E-state index contributed by atoms with van der Waals surface area (Å²) in [7, 11) is -2.97. The number of rotatable bonds is 4. The number of aryl methyl sites for hydroxylation is 1. The lowest BCUT2D eigenvalue weighted by molar-refractivity contribution is 0.340. The van der Waals surface area contributed by atoms with Crippen molar-refractivity contribution in [1.29, 1.82) is 0 Å². The minimum atomic E-state index is -2.97. The topological polar surface area (TPSA) is 69.4 Å². The van der Waals surface area contributed by atoms with Gasteiger partial charge in [-0.25, -0.2) is 8.42 Å². The van der Waals surface area contributed by atoms with Gasteiger partial charge in [-0.1, -0.05) is 6.07 Å². The Kier molecular flexibility index (Phi) is 3.92. The third-order valence-corrected chi connectivity index (χ3v) is 4.11. The summed E-state index contributed by atoms with van der Waals surface area (Å²) >= 11 is 0. The van der Waals surface area contributed by atoms with Crippen molar-refractivity contribution in [3.8, 4) is 5.75 Å². The maximum absolute atomic E-state index is 11.0. The van der Waals surface area contributed by atoms with E-state index in [9.17, 15) is 8.42 Å². The average molecular weight is 269 g/mol. The van der Waals surface area contributed by atoms with Gasteiger partial charge in [0.05, 0.1) is 5.75 Å². The zero-order valence-corrected chi connectivity index (χ0v) is 11.4. The number of ether oxygens (including phenoxy) is 1. The highest BCUT2D eigenvalue weighted by Gasteiger charge is 2.17. The Labute approximate surface area is 108 Å². The van der Waals surface area contributed by atoms with Crippen LogP contribution >= 0.6 is 0 Å². The zero-order chi connectivity index (χ0) is 13.2. The summed E-state index contributed by atoms with van der Waals surface area (Å²) in [6.07, 6.45) is 4.36. The van der Waals surface area contributed by atoms with E-state index in [-0.39, 0.29) is 18.4 Å². The fraction of sp³-hybridized carbons (Fsp3) is 0.538. The van der Waals surface area contributed by atoms with Gasteiger partial charge in [0, 0.05) is 12.3 Å². The van der Waals surface area contributed by atoms with Crippen LogP contribution in [0.3, 0.4) is 0 Å². The second-order valence-corrected chi connectivity index (χ2v) is 7.10. The van der Waals surface area contributed by atoms with Gasteiger partial charge in [0.15, 0.2) is 9.84 Å². The van der Waals surface area contributed by atoms with Crippen molar-refractivity contribution in [1.82, 2.24) is 0 Å². The molecule has 1 unspecified atom stereocenters. The third kappa shape index (κ3) is 3.46. The second kappa shape index (κ2) is 5.28. The summed E-state index contributed by atoms with van der Waals surface area (Å²) in [6.45, 7) is 0.198. The Hall–Kier alpha value is -1.07. The first kappa shape index (κ1) is 13.4. The third-order valence-electron chi connectivity index (χ3n) is 3.20. The molecule has 100 valence electrons. The predicted octanol–water partition coefficient (Wildman–Crippen LogP) is 1.45. The molecule has 0 aromatic heterocycles. The Bertz CT molecular complexity index is 525. The molecule has 1 atom stereocenters. The largest absolute Gasteiger partial charge is 0.493 e. The number of sulfone groups is 1. The van der Waals surface area contributed by atoms with Crippen LogP contribution in [0.4, 0.5) is 0 Å². The van der Waals surface area contributed by atoms with E-state index in [1.807, 2.05) is 18.2 Å². The number of hydrogen-bond acceptors (Lipinski definition) is 4. The van der Waals surface area contributed by atoms with Gasteiger partial charge in [-0.15, -0.1) is 0 Å². The van der Waals surface area contributed by atoms with Crippen LogP contribution in [0.15, 0.2) is 18.2 Å².